The van der Waals surface area contributed by atoms with Gasteiger partial charge in [-0.2, -0.15) is 4.98 Å². The number of nitrogens with one attached hydrogen (secondary N) is 4. The maximum Gasteiger partial charge on any atom is 0.326 e. The van der Waals surface area contributed by atoms with Gasteiger partial charge in [0, 0.05) is 75.5 Å². The summed E-state index contributed by atoms with van der Waals surface area (Å²) in [5.74, 6) is -2.59. The number of hydrogen-bond donors (Lipinski definition) is 7. The fraction of sp³-hybridized carbons (Fsp3) is 0.350. The second kappa shape index (κ2) is 11.9. The molecule has 1 unspecified atom stereocenters. The Morgan fingerprint density at radius 2 is 1.94 bits per heavy atom. The fourth-order valence-electron chi connectivity index (χ4n) is 3.42. The number of carboxylic acid groups (broad SMARTS) is 2. The molecule has 1 aliphatic rings. The molecular weight excluding hydrogens is 474 g/mol. The second-order valence-corrected chi connectivity index (χ2v) is 7.55. The number of nitrogen functional groups attached to an aromatic ring is 1. The van der Waals surface area contributed by atoms with E-state index in [1.54, 1.807) is 19.2 Å². The number of H-pyrrole nitrogens is 1. The number of benzene rings is 1. The van der Waals surface area contributed by atoms with Crippen LogP contribution in [-0.4, -0.2) is 108 Å². The Hall–Kier alpha value is -3.03. The first-order valence-corrected chi connectivity index (χ1v) is 10.1. The van der Waals surface area contributed by atoms with Gasteiger partial charge in [-0.15, -0.1) is 0 Å². The van der Waals surface area contributed by atoms with Crippen molar-refractivity contribution in [3.63, 3.8) is 0 Å². The summed E-state index contributed by atoms with van der Waals surface area (Å²) in [6, 6.07) is 5.03. The predicted octanol–water partition coefficient (Wildman–Crippen LogP) is -0.638. The molecule has 14 heteroatoms. The summed E-state index contributed by atoms with van der Waals surface area (Å²) in [6.45, 7) is 1.01. The third-order valence-electron chi connectivity index (χ3n) is 5.26. The number of hydrogen-bond acceptors (Lipinski definition) is 9. The summed E-state index contributed by atoms with van der Waals surface area (Å²) in [4.78, 5) is 54.9. The molecule has 0 spiro atoms. The number of amides is 1. The fourth-order valence-corrected chi connectivity index (χ4v) is 3.42. The van der Waals surface area contributed by atoms with Crippen LogP contribution in [0.1, 0.15) is 23.2 Å². The molecule has 3 rings (SSSR count). The monoisotopic (exact) mass is 499 g/mol. The number of carbonyl (C=O) groups is 3. The molecule has 1 amide bonds. The smallest absolute Gasteiger partial charge is 0.326 e. The van der Waals surface area contributed by atoms with Gasteiger partial charge in [0.1, 0.15) is 11.7 Å². The molecule has 2 radical (unpaired) electrons. The molecule has 0 fully saturated rings. The molecule has 13 nitrogen and oxygen atoms in total. The molecule has 1 aromatic heterocycles. The van der Waals surface area contributed by atoms with E-state index in [1.807, 2.05) is 4.90 Å². The van der Waals surface area contributed by atoms with Crippen molar-refractivity contribution in [3.05, 3.63) is 40.2 Å². The third kappa shape index (κ3) is 6.74. The van der Waals surface area contributed by atoms with Crippen molar-refractivity contribution in [3.8, 4) is 0 Å². The van der Waals surface area contributed by atoms with Gasteiger partial charge in [0.2, 0.25) is 5.95 Å². The number of aromatic amines is 1. The largest absolute Gasteiger partial charge is 0.481 e. The third-order valence-corrected chi connectivity index (χ3v) is 5.26. The average molecular weight is 500 g/mol. The summed E-state index contributed by atoms with van der Waals surface area (Å²) in [5, 5.41) is 26.6. The zero-order valence-electron chi connectivity index (χ0n) is 18.5. The minimum Gasteiger partial charge on any atom is -0.481 e. The number of carbonyl (C=O) groups excluding carboxylic acids is 1. The van der Waals surface area contributed by atoms with Gasteiger partial charge in [-0.1, -0.05) is 0 Å². The Balaban J connectivity index is 0.00000408. The maximum atomic E-state index is 12.3. The van der Waals surface area contributed by atoms with Gasteiger partial charge < -0.3 is 36.8 Å². The van der Waals surface area contributed by atoms with Crippen LogP contribution in [-0.2, 0) is 9.59 Å². The topological polar surface area (TPSA) is 203 Å². The number of likely N-dealkylation sites (N-methyl/N-ethyl adjacent to an activating group) is 1. The molecule has 2 heterocycles. The summed E-state index contributed by atoms with van der Waals surface area (Å²) in [6.07, 6.45) is -0.586. The van der Waals surface area contributed by atoms with Gasteiger partial charge in [-0.3, -0.25) is 19.4 Å². The number of carboxylic acids is 2. The molecule has 1 aromatic carbocycles. The van der Waals surface area contributed by atoms with E-state index < -0.39 is 23.9 Å². The van der Waals surface area contributed by atoms with E-state index in [0.29, 0.717) is 24.6 Å². The Labute approximate surface area is 224 Å². The maximum absolute atomic E-state index is 12.3. The van der Waals surface area contributed by atoms with Gasteiger partial charge in [0.05, 0.1) is 6.04 Å². The van der Waals surface area contributed by atoms with Crippen LogP contribution in [0.5, 0.6) is 0 Å². The van der Waals surface area contributed by atoms with Crippen LogP contribution in [0, 0.1) is 0 Å². The van der Waals surface area contributed by atoms with Crippen molar-refractivity contribution >= 4 is 78.7 Å². The van der Waals surface area contributed by atoms with Crippen LogP contribution in [0.2, 0.25) is 0 Å². The van der Waals surface area contributed by atoms with Gasteiger partial charge >= 0.3 is 11.9 Å². The number of nitrogens with zero attached hydrogens (tertiary/aromatic N) is 2. The van der Waals surface area contributed by atoms with Crippen molar-refractivity contribution < 1.29 is 24.6 Å². The summed E-state index contributed by atoms with van der Waals surface area (Å²) < 4.78 is 0. The second-order valence-electron chi connectivity index (χ2n) is 7.55. The van der Waals surface area contributed by atoms with Crippen LogP contribution in [0.15, 0.2) is 29.1 Å². The van der Waals surface area contributed by atoms with Crippen molar-refractivity contribution in [1.82, 2.24) is 15.3 Å². The molecule has 2 atom stereocenters. The van der Waals surface area contributed by atoms with Crippen molar-refractivity contribution in [2.24, 2.45) is 0 Å². The van der Waals surface area contributed by atoms with Crippen LogP contribution in [0.3, 0.4) is 0 Å². The Morgan fingerprint density at radius 3 is 2.56 bits per heavy atom. The van der Waals surface area contributed by atoms with E-state index in [-0.39, 0.29) is 73.7 Å². The number of nitrogens with two attached hydrogens (primary N) is 1. The Kier molecular flexibility index (Phi) is 9.53. The zero-order valence-corrected chi connectivity index (χ0v) is 20.7. The minimum atomic E-state index is -1.30. The van der Waals surface area contributed by atoms with Gasteiger partial charge in [0.15, 0.2) is 5.82 Å². The predicted molar refractivity (Wildman–Crippen MR) is 126 cm³/mol. The molecule has 2 aromatic rings. The molecule has 0 aliphatic carbocycles. The number of aromatic nitrogens is 2. The molecule has 178 valence electrons. The van der Waals surface area contributed by atoms with E-state index in [4.69, 9.17) is 10.8 Å². The molecule has 8 N–H and O–H groups in total. The molecule has 34 heavy (non-hydrogen) atoms. The van der Waals surface area contributed by atoms with E-state index in [1.165, 1.54) is 12.1 Å². The van der Waals surface area contributed by atoms with E-state index in [0.717, 1.165) is 5.69 Å². The molecule has 0 bridgehead atoms. The average Bonchev–Trinajstić information content (AvgIpc) is 2.75. The van der Waals surface area contributed by atoms with Crippen LogP contribution in [0.25, 0.3) is 0 Å². The van der Waals surface area contributed by atoms with Crippen molar-refractivity contribution in [2.75, 3.05) is 41.4 Å². The summed E-state index contributed by atoms with van der Waals surface area (Å²) >= 11 is 0. The van der Waals surface area contributed by atoms with Crippen molar-refractivity contribution in [2.45, 2.75) is 24.9 Å². The first kappa shape index (κ1) is 27.2. The van der Waals surface area contributed by atoms with Crippen LogP contribution in [0.4, 0.5) is 23.1 Å². The molecule has 0 saturated heterocycles. The van der Waals surface area contributed by atoms with E-state index in [2.05, 4.69) is 25.9 Å². The van der Waals surface area contributed by atoms with Crippen molar-refractivity contribution in [1.29, 1.82) is 0 Å². The zero-order chi connectivity index (χ0) is 24.1. The quantitative estimate of drug-likeness (QED) is 0.216. The summed E-state index contributed by atoms with van der Waals surface area (Å²) in [7, 11) is 1.79. The van der Waals surface area contributed by atoms with E-state index >= 15 is 0 Å². The number of aliphatic carboxylic acids is 2. The minimum absolute atomic E-state index is 0. The van der Waals surface area contributed by atoms with Crippen LogP contribution >= 0.6 is 0 Å². The first-order valence-electron chi connectivity index (χ1n) is 10.1. The molecule has 1 aliphatic heterocycles. The Bertz CT molecular complexity index is 1110. The SMILES string of the molecule is CN1c2c(nc(N)[nH]c2=O)NCC1CNc1ccc(C(=O)N[C@@H](CCC(=O)O)C(=O)O)cc1.[Ca]. The number of rotatable bonds is 9. The number of fused-ring (bicyclic) bond motifs is 1. The first-order chi connectivity index (χ1) is 15.7. The van der Waals surface area contributed by atoms with Crippen LogP contribution < -0.4 is 32.1 Å². The molecular formula is C20H25CaN7O6. The van der Waals surface area contributed by atoms with Gasteiger partial charge in [-0.05, 0) is 30.7 Å². The normalized spacial score (nSPS) is 15.2. The Morgan fingerprint density at radius 1 is 1.26 bits per heavy atom. The van der Waals surface area contributed by atoms with E-state index in [9.17, 15) is 24.3 Å². The number of anilines is 4. The standard InChI is InChI=1S/C20H25N7O6.Ca/c1-27-12(9-23-16-15(27)18(31)26-20(21)25-16)8-22-11-4-2-10(3-5-11)17(30)24-13(19(32)33)6-7-14(28)29;/h2-5,12-13,22H,6-9H2,1H3,(H,24,30)(H,28,29)(H,32,33)(H4,21,23,25,26,31);/t12?,13-;/m0./s1. The molecule has 0 saturated carbocycles. The van der Waals surface area contributed by atoms with Gasteiger partial charge in [0.25, 0.3) is 11.5 Å². The van der Waals surface area contributed by atoms with Gasteiger partial charge in [-0.25, -0.2) is 4.79 Å². The summed E-state index contributed by atoms with van der Waals surface area (Å²) in [5.41, 5.74) is 6.59.